The first-order valence-corrected chi connectivity index (χ1v) is 8.24. The summed E-state index contributed by atoms with van der Waals surface area (Å²) in [5.74, 6) is -0.550. The van der Waals surface area contributed by atoms with Crippen molar-refractivity contribution in [2.75, 3.05) is 0 Å². The summed E-state index contributed by atoms with van der Waals surface area (Å²) in [5.41, 5.74) is 1.85. The molecule has 6 heteroatoms. The first-order chi connectivity index (χ1) is 13.1. The van der Waals surface area contributed by atoms with Gasteiger partial charge in [-0.2, -0.15) is 5.26 Å². The van der Waals surface area contributed by atoms with Crippen LogP contribution >= 0.6 is 0 Å². The van der Waals surface area contributed by atoms with E-state index in [0.29, 0.717) is 23.1 Å². The van der Waals surface area contributed by atoms with Crippen LogP contribution in [0.1, 0.15) is 27.0 Å². The highest BCUT2D eigenvalue weighted by Crippen LogP contribution is 2.31. The maximum absolute atomic E-state index is 11.9. The van der Waals surface area contributed by atoms with E-state index in [1.807, 2.05) is 0 Å². The van der Waals surface area contributed by atoms with Crippen LogP contribution in [-0.4, -0.2) is 21.4 Å². The van der Waals surface area contributed by atoms with Crippen LogP contribution in [0.2, 0.25) is 0 Å². The van der Waals surface area contributed by atoms with Crippen molar-refractivity contribution in [3.05, 3.63) is 89.0 Å². The minimum atomic E-state index is -0.957. The second-order valence-corrected chi connectivity index (χ2v) is 5.90. The van der Waals surface area contributed by atoms with Gasteiger partial charge in [0.05, 0.1) is 0 Å². The Hall–Kier alpha value is -3.51. The summed E-state index contributed by atoms with van der Waals surface area (Å²) >= 11 is 0. The third kappa shape index (κ3) is 4.19. The fraction of sp³-hybridized carbons (Fsp3) is 0.0952. The molecule has 0 unspecified atom stereocenters. The SMILES string of the molecule is O=C(OO)c1cccc(Cc2ccccc2O)c1OCc1ccccc1O. The van der Waals surface area contributed by atoms with Crippen LogP contribution in [-0.2, 0) is 17.9 Å². The molecule has 0 fully saturated rings. The van der Waals surface area contributed by atoms with Gasteiger partial charge in [0, 0.05) is 12.0 Å². The van der Waals surface area contributed by atoms with Gasteiger partial charge in [-0.05, 0) is 29.3 Å². The molecule has 0 bridgehead atoms. The van der Waals surface area contributed by atoms with Crippen molar-refractivity contribution in [1.29, 1.82) is 0 Å². The van der Waals surface area contributed by atoms with Gasteiger partial charge in [-0.15, -0.1) is 0 Å². The van der Waals surface area contributed by atoms with E-state index in [1.54, 1.807) is 54.6 Å². The molecule has 0 aliphatic carbocycles. The van der Waals surface area contributed by atoms with Crippen molar-refractivity contribution in [3.63, 3.8) is 0 Å². The van der Waals surface area contributed by atoms with E-state index in [0.717, 1.165) is 0 Å². The summed E-state index contributed by atoms with van der Waals surface area (Å²) in [5, 5.41) is 28.7. The molecule has 0 spiro atoms. The van der Waals surface area contributed by atoms with Crippen molar-refractivity contribution in [2.24, 2.45) is 0 Å². The van der Waals surface area contributed by atoms with Crippen LogP contribution in [0, 0.1) is 0 Å². The van der Waals surface area contributed by atoms with Crippen LogP contribution in [0.4, 0.5) is 0 Å². The molecule has 3 rings (SSSR count). The van der Waals surface area contributed by atoms with Crippen molar-refractivity contribution in [2.45, 2.75) is 13.0 Å². The van der Waals surface area contributed by atoms with Crippen LogP contribution in [0.3, 0.4) is 0 Å². The molecular formula is C21H18O6. The monoisotopic (exact) mass is 366 g/mol. The number of ether oxygens (including phenoxy) is 1. The Morgan fingerprint density at radius 3 is 2.00 bits per heavy atom. The first kappa shape index (κ1) is 18.3. The van der Waals surface area contributed by atoms with Crippen molar-refractivity contribution >= 4 is 5.97 Å². The number of benzene rings is 3. The molecule has 0 aliphatic rings. The van der Waals surface area contributed by atoms with Crippen LogP contribution in [0.5, 0.6) is 17.2 Å². The largest absolute Gasteiger partial charge is 0.508 e. The predicted molar refractivity (Wildman–Crippen MR) is 97.8 cm³/mol. The fourth-order valence-corrected chi connectivity index (χ4v) is 2.75. The molecule has 3 aromatic carbocycles. The van der Waals surface area contributed by atoms with Gasteiger partial charge in [0.2, 0.25) is 0 Å². The number of hydrogen-bond donors (Lipinski definition) is 3. The molecule has 0 saturated carbocycles. The number of para-hydroxylation sites is 3. The maximum atomic E-state index is 11.9. The van der Waals surface area contributed by atoms with E-state index in [1.165, 1.54) is 12.1 Å². The number of hydrogen-bond acceptors (Lipinski definition) is 6. The molecule has 3 aromatic rings. The smallest absolute Gasteiger partial charge is 0.376 e. The Morgan fingerprint density at radius 1 is 0.778 bits per heavy atom. The highest BCUT2D eigenvalue weighted by Gasteiger charge is 2.19. The van der Waals surface area contributed by atoms with E-state index in [9.17, 15) is 15.0 Å². The molecule has 0 amide bonds. The van der Waals surface area contributed by atoms with Crippen molar-refractivity contribution in [1.82, 2.24) is 0 Å². The Balaban J connectivity index is 1.96. The van der Waals surface area contributed by atoms with Gasteiger partial charge in [-0.1, -0.05) is 48.5 Å². The lowest BCUT2D eigenvalue weighted by Gasteiger charge is -2.15. The number of phenolic OH excluding ortho intramolecular Hbond substituents is 2. The lowest BCUT2D eigenvalue weighted by molar-refractivity contribution is -0.183. The molecular weight excluding hydrogens is 348 g/mol. The second kappa shape index (κ2) is 8.25. The fourth-order valence-electron chi connectivity index (χ4n) is 2.75. The summed E-state index contributed by atoms with van der Waals surface area (Å²) in [6.45, 7) is 0.0101. The molecule has 0 aliphatic heterocycles. The van der Waals surface area contributed by atoms with Gasteiger partial charge in [-0.25, -0.2) is 4.79 Å². The summed E-state index contributed by atoms with van der Waals surface area (Å²) in [6.07, 6.45) is 0.301. The van der Waals surface area contributed by atoms with Gasteiger partial charge in [-0.3, -0.25) is 4.89 Å². The molecule has 0 atom stereocenters. The maximum Gasteiger partial charge on any atom is 0.376 e. The van der Waals surface area contributed by atoms with Crippen LogP contribution in [0.15, 0.2) is 66.7 Å². The highest BCUT2D eigenvalue weighted by molar-refractivity contribution is 5.92. The summed E-state index contributed by atoms with van der Waals surface area (Å²) < 4.78 is 5.82. The quantitative estimate of drug-likeness (QED) is 0.452. The van der Waals surface area contributed by atoms with Crippen molar-refractivity contribution in [3.8, 4) is 17.2 Å². The zero-order valence-electron chi connectivity index (χ0n) is 14.3. The van der Waals surface area contributed by atoms with Gasteiger partial charge < -0.3 is 14.9 Å². The minimum absolute atomic E-state index is 0.0101. The summed E-state index contributed by atoms with van der Waals surface area (Å²) in [7, 11) is 0. The number of carbonyl (C=O) groups is 1. The lowest BCUT2D eigenvalue weighted by Crippen LogP contribution is -2.09. The van der Waals surface area contributed by atoms with Crippen LogP contribution < -0.4 is 4.74 Å². The van der Waals surface area contributed by atoms with Gasteiger partial charge in [0.25, 0.3) is 0 Å². The Bertz CT molecular complexity index is 951. The zero-order valence-corrected chi connectivity index (χ0v) is 14.3. The van der Waals surface area contributed by atoms with Crippen molar-refractivity contribution < 1.29 is 29.9 Å². The molecule has 0 radical (unpaired) electrons. The predicted octanol–water partition coefficient (Wildman–Crippen LogP) is 3.90. The van der Waals surface area contributed by atoms with Crippen LogP contribution in [0.25, 0.3) is 0 Å². The average molecular weight is 366 g/mol. The van der Waals surface area contributed by atoms with E-state index in [4.69, 9.17) is 9.99 Å². The lowest BCUT2D eigenvalue weighted by atomic mass is 10.0. The minimum Gasteiger partial charge on any atom is -0.508 e. The standard InChI is InChI=1S/C21H18O6/c22-18-10-3-1-6-14(18)12-15-8-5-9-17(21(24)27-25)20(15)26-13-16-7-2-4-11-19(16)23/h1-11,22-23,25H,12-13H2. The van der Waals surface area contributed by atoms with E-state index in [-0.39, 0.29) is 29.4 Å². The Kier molecular flexibility index (Phi) is 5.58. The molecule has 138 valence electrons. The van der Waals surface area contributed by atoms with E-state index in [2.05, 4.69) is 4.89 Å². The summed E-state index contributed by atoms with van der Waals surface area (Å²) in [4.78, 5) is 15.8. The number of carbonyl (C=O) groups excluding carboxylic acids is 1. The molecule has 0 heterocycles. The van der Waals surface area contributed by atoms with Gasteiger partial charge in [0.15, 0.2) is 0 Å². The normalized spacial score (nSPS) is 10.4. The number of phenols is 2. The molecule has 0 saturated heterocycles. The Labute approximate surface area is 155 Å². The Morgan fingerprint density at radius 2 is 1.37 bits per heavy atom. The van der Waals surface area contributed by atoms with E-state index < -0.39 is 5.97 Å². The van der Waals surface area contributed by atoms with Gasteiger partial charge in [0.1, 0.15) is 29.4 Å². The number of aromatic hydroxyl groups is 2. The second-order valence-electron chi connectivity index (χ2n) is 5.90. The van der Waals surface area contributed by atoms with E-state index >= 15 is 0 Å². The molecule has 0 aromatic heterocycles. The molecule has 3 N–H and O–H groups in total. The first-order valence-electron chi connectivity index (χ1n) is 8.24. The third-order valence-electron chi connectivity index (χ3n) is 4.14. The summed E-state index contributed by atoms with van der Waals surface area (Å²) in [6, 6.07) is 18.4. The highest BCUT2D eigenvalue weighted by atomic mass is 17.1. The average Bonchev–Trinajstić information content (AvgIpc) is 2.69. The molecule has 6 nitrogen and oxygen atoms in total. The van der Waals surface area contributed by atoms with Gasteiger partial charge >= 0.3 is 5.97 Å². The topological polar surface area (TPSA) is 96.2 Å². The third-order valence-corrected chi connectivity index (χ3v) is 4.14. The molecule has 27 heavy (non-hydrogen) atoms. The number of rotatable bonds is 6. The zero-order chi connectivity index (χ0) is 19.2.